The molecule has 88 valence electrons. The van der Waals surface area contributed by atoms with E-state index in [2.05, 4.69) is 24.1 Å². The number of nitrogens with one attached hydrogen (secondary N) is 1. The van der Waals surface area contributed by atoms with Crippen molar-refractivity contribution in [3.05, 3.63) is 18.3 Å². The van der Waals surface area contributed by atoms with Gasteiger partial charge in [-0.1, -0.05) is 13.8 Å². The summed E-state index contributed by atoms with van der Waals surface area (Å²) in [6.07, 6.45) is 5.31. The van der Waals surface area contributed by atoms with E-state index < -0.39 is 0 Å². The predicted molar refractivity (Wildman–Crippen MR) is 65.8 cm³/mol. The smallest absolute Gasteiger partial charge is 0.168 e. The molecule has 0 aliphatic heterocycles. The molecule has 16 heavy (non-hydrogen) atoms. The van der Waals surface area contributed by atoms with E-state index in [4.69, 9.17) is 4.74 Å². The molecule has 1 fully saturated rings. The second kappa shape index (κ2) is 5.19. The molecule has 0 bridgehead atoms. The Morgan fingerprint density at radius 3 is 3.00 bits per heavy atom. The monoisotopic (exact) mass is 220 g/mol. The van der Waals surface area contributed by atoms with Gasteiger partial charge in [0.2, 0.25) is 0 Å². The largest absolute Gasteiger partial charge is 0.490 e. The van der Waals surface area contributed by atoms with E-state index in [0.717, 1.165) is 30.5 Å². The van der Waals surface area contributed by atoms with Gasteiger partial charge in [0.25, 0.3) is 0 Å². The van der Waals surface area contributed by atoms with Gasteiger partial charge in [0.15, 0.2) is 11.6 Å². The maximum Gasteiger partial charge on any atom is 0.168 e. The Morgan fingerprint density at radius 2 is 2.31 bits per heavy atom. The van der Waals surface area contributed by atoms with Crippen molar-refractivity contribution in [2.24, 2.45) is 5.92 Å². The van der Waals surface area contributed by atoms with Gasteiger partial charge in [0, 0.05) is 12.2 Å². The first kappa shape index (κ1) is 11.2. The highest BCUT2D eigenvalue weighted by Gasteiger charge is 2.26. The van der Waals surface area contributed by atoms with Crippen molar-refractivity contribution in [3.8, 4) is 5.75 Å². The molecule has 3 nitrogen and oxygen atoms in total. The third-order valence-electron chi connectivity index (χ3n) is 2.95. The van der Waals surface area contributed by atoms with Crippen molar-refractivity contribution in [1.29, 1.82) is 0 Å². The zero-order valence-electron chi connectivity index (χ0n) is 10.1. The van der Waals surface area contributed by atoms with E-state index in [1.807, 2.05) is 18.3 Å². The molecule has 0 atom stereocenters. The van der Waals surface area contributed by atoms with E-state index in [9.17, 15) is 0 Å². The van der Waals surface area contributed by atoms with Crippen LogP contribution >= 0.6 is 0 Å². The molecule has 1 N–H and O–H groups in total. The molecular formula is C13H20N2O. The maximum atomic E-state index is 5.66. The van der Waals surface area contributed by atoms with Crippen LogP contribution in [0.1, 0.15) is 33.1 Å². The van der Waals surface area contributed by atoms with Crippen LogP contribution < -0.4 is 10.1 Å². The molecule has 3 heteroatoms. The Hall–Kier alpha value is -1.25. The van der Waals surface area contributed by atoms with Crippen molar-refractivity contribution < 1.29 is 4.74 Å². The molecule has 0 saturated heterocycles. The zero-order valence-corrected chi connectivity index (χ0v) is 10.1. The number of hydrogen-bond donors (Lipinski definition) is 1. The van der Waals surface area contributed by atoms with Crippen molar-refractivity contribution in [3.63, 3.8) is 0 Å². The first-order chi connectivity index (χ1) is 7.79. The molecule has 1 aliphatic carbocycles. The highest BCUT2D eigenvalue weighted by Crippen LogP contribution is 2.31. The lowest BCUT2D eigenvalue weighted by Crippen LogP contribution is -2.34. The fourth-order valence-corrected chi connectivity index (χ4v) is 2.04. The Balaban J connectivity index is 1.96. The van der Waals surface area contributed by atoms with E-state index in [1.54, 1.807) is 0 Å². The Morgan fingerprint density at radius 1 is 1.50 bits per heavy atom. The standard InChI is InChI=1S/C13H20N2O/c1-3-7-16-12-5-4-6-14-13(12)15-11-8-10(2)9-11/h4-6,10-11H,3,7-9H2,1-2H3,(H,14,15). The van der Waals surface area contributed by atoms with Gasteiger partial charge >= 0.3 is 0 Å². The van der Waals surface area contributed by atoms with Crippen LogP contribution in [0, 0.1) is 5.92 Å². The number of aromatic nitrogens is 1. The second-order valence-electron chi connectivity index (χ2n) is 4.62. The average molecular weight is 220 g/mol. The fourth-order valence-electron chi connectivity index (χ4n) is 2.04. The minimum atomic E-state index is 0.578. The number of pyridine rings is 1. The van der Waals surface area contributed by atoms with Crippen LogP contribution in [0.25, 0.3) is 0 Å². The van der Waals surface area contributed by atoms with Crippen LogP contribution in [-0.2, 0) is 0 Å². The van der Waals surface area contributed by atoms with Gasteiger partial charge in [0.05, 0.1) is 6.61 Å². The quantitative estimate of drug-likeness (QED) is 0.828. The van der Waals surface area contributed by atoms with Crippen molar-refractivity contribution in [2.75, 3.05) is 11.9 Å². The van der Waals surface area contributed by atoms with Crippen molar-refractivity contribution in [2.45, 2.75) is 39.2 Å². The van der Waals surface area contributed by atoms with E-state index in [-0.39, 0.29) is 0 Å². The minimum Gasteiger partial charge on any atom is -0.490 e. The van der Waals surface area contributed by atoms with Gasteiger partial charge in [-0.3, -0.25) is 0 Å². The van der Waals surface area contributed by atoms with Crippen LogP contribution in [0.2, 0.25) is 0 Å². The lowest BCUT2D eigenvalue weighted by molar-refractivity contribution is 0.300. The number of anilines is 1. The summed E-state index contributed by atoms with van der Waals surface area (Å²) in [5.41, 5.74) is 0. The van der Waals surface area contributed by atoms with Gasteiger partial charge in [-0.05, 0) is 37.3 Å². The Bertz CT molecular complexity index is 334. The second-order valence-corrected chi connectivity index (χ2v) is 4.62. The van der Waals surface area contributed by atoms with Crippen molar-refractivity contribution >= 4 is 5.82 Å². The molecule has 0 spiro atoms. The highest BCUT2D eigenvalue weighted by atomic mass is 16.5. The number of hydrogen-bond acceptors (Lipinski definition) is 3. The fraction of sp³-hybridized carbons (Fsp3) is 0.615. The van der Waals surface area contributed by atoms with Crippen LogP contribution in [0.4, 0.5) is 5.82 Å². The molecule has 0 amide bonds. The summed E-state index contributed by atoms with van der Waals surface area (Å²) in [6.45, 7) is 5.14. The molecule has 1 saturated carbocycles. The van der Waals surface area contributed by atoms with Crippen LogP contribution in [-0.4, -0.2) is 17.6 Å². The van der Waals surface area contributed by atoms with Crippen LogP contribution in [0.15, 0.2) is 18.3 Å². The normalized spacial score (nSPS) is 23.6. The van der Waals surface area contributed by atoms with Gasteiger partial charge in [-0.15, -0.1) is 0 Å². The average Bonchev–Trinajstić information content (AvgIpc) is 2.26. The topological polar surface area (TPSA) is 34.1 Å². The Kier molecular flexibility index (Phi) is 3.65. The van der Waals surface area contributed by atoms with Gasteiger partial charge in [-0.25, -0.2) is 4.98 Å². The zero-order chi connectivity index (χ0) is 11.4. The molecule has 0 unspecified atom stereocenters. The van der Waals surface area contributed by atoms with Gasteiger partial charge < -0.3 is 10.1 Å². The van der Waals surface area contributed by atoms with E-state index in [1.165, 1.54) is 12.8 Å². The van der Waals surface area contributed by atoms with Crippen molar-refractivity contribution in [1.82, 2.24) is 4.98 Å². The summed E-state index contributed by atoms with van der Waals surface area (Å²) in [6, 6.07) is 4.47. The summed E-state index contributed by atoms with van der Waals surface area (Å²) in [5, 5.41) is 3.45. The predicted octanol–water partition coefficient (Wildman–Crippen LogP) is 3.08. The first-order valence-corrected chi connectivity index (χ1v) is 6.14. The Labute approximate surface area is 97.2 Å². The van der Waals surface area contributed by atoms with Crippen LogP contribution in [0.3, 0.4) is 0 Å². The SMILES string of the molecule is CCCOc1cccnc1NC1CC(C)C1. The third kappa shape index (κ3) is 2.65. The lowest BCUT2D eigenvalue weighted by atomic mass is 9.82. The number of nitrogens with zero attached hydrogens (tertiary/aromatic N) is 1. The van der Waals surface area contributed by atoms with Gasteiger partial charge in [-0.2, -0.15) is 0 Å². The number of ether oxygens (including phenoxy) is 1. The summed E-state index contributed by atoms with van der Waals surface area (Å²) in [7, 11) is 0. The lowest BCUT2D eigenvalue weighted by Gasteiger charge is -2.33. The molecule has 1 aromatic rings. The van der Waals surface area contributed by atoms with E-state index >= 15 is 0 Å². The molecule has 1 aromatic heterocycles. The summed E-state index contributed by atoms with van der Waals surface area (Å²) in [5.74, 6) is 2.62. The summed E-state index contributed by atoms with van der Waals surface area (Å²) >= 11 is 0. The summed E-state index contributed by atoms with van der Waals surface area (Å²) < 4.78 is 5.66. The van der Waals surface area contributed by atoms with E-state index in [0.29, 0.717) is 6.04 Å². The third-order valence-corrected chi connectivity index (χ3v) is 2.95. The molecule has 0 radical (unpaired) electrons. The summed E-state index contributed by atoms with van der Waals surface area (Å²) in [4.78, 5) is 4.34. The molecule has 2 rings (SSSR count). The number of rotatable bonds is 5. The highest BCUT2D eigenvalue weighted by molar-refractivity contribution is 5.50. The molecule has 0 aromatic carbocycles. The first-order valence-electron chi connectivity index (χ1n) is 6.14. The van der Waals surface area contributed by atoms with Crippen LogP contribution in [0.5, 0.6) is 5.75 Å². The molecule has 1 aliphatic rings. The molecule has 1 heterocycles. The molecular weight excluding hydrogens is 200 g/mol. The van der Waals surface area contributed by atoms with Gasteiger partial charge in [0.1, 0.15) is 0 Å². The maximum absolute atomic E-state index is 5.66. The minimum absolute atomic E-state index is 0.578.